The molecule has 0 amide bonds. The maximum Gasteiger partial charge on any atom is 0.313 e. The lowest BCUT2D eigenvalue weighted by Crippen LogP contribution is -2.47. The van der Waals surface area contributed by atoms with Gasteiger partial charge >= 0.3 is 8.56 Å². The molecule has 0 heterocycles. The third-order valence-electron chi connectivity index (χ3n) is 1.61. The largest absolute Gasteiger partial charge is 0.442 e. The predicted octanol–water partition coefficient (Wildman–Crippen LogP) is 2.08. The minimum absolute atomic E-state index is 0.311. The van der Waals surface area contributed by atoms with E-state index in [0.717, 1.165) is 6.04 Å². The highest BCUT2D eigenvalue weighted by Gasteiger charge is 2.33. The summed E-state index contributed by atoms with van der Waals surface area (Å²) in [7, 11) is -3.44. The Bertz CT molecular complexity index is 135. The van der Waals surface area contributed by atoms with E-state index in [9.17, 15) is 0 Å². The van der Waals surface area contributed by atoms with E-state index in [2.05, 4.69) is 39.7 Å². The van der Waals surface area contributed by atoms with Gasteiger partial charge in [-0.2, -0.15) is 0 Å². The molecule has 0 saturated carbocycles. The number of hydrogen-bond donors (Lipinski definition) is 0. The van der Waals surface area contributed by atoms with Crippen LogP contribution in [0.1, 0.15) is 6.92 Å². The second-order valence-corrected chi connectivity index (χ2v) is 13.9. The van der Waals surface area contributed by atoms with Crippen molar-refractivity contribution in [3.05, 3.63) is 0 Å². The molecule has 0 rings (SSSR count). The van der Waals surface area contributed by atoms with E-state index in [1.54, 1.807) is 0 Å². The maximum atomic E-state index is 6.11. The minimum Gasteiger partial charge on any atom is -0.442 e. The average molecular weight is 223 g/mol. The zero-order valence-corrected chi connectivity index (χ0v) is 12.6. The molecule has 0 spiro atoms. The third-order valence-corrected chi connectivity index (χ3v) is 10.7. The summed E-state index contributed by atoms with van der Waals surface area (Å²) >= 11 is 0. The van der Waals surface area contributed by atoms with Crippen molar-refractivity contribution in [1.82, 2.24) is 0 Å². The van der Waals surface area contributed by atoms with Crippen LogP contribution < -0.4 is 0 Å². The molecule has 0 aromatic carbocycles. The summed E-state index contributed by atoms with van der Waals surface area (Å²) in [6, 6.07) is 1.08. The molecular weight excluding hydrogens is 200 g/mol. The standard InChI is InChI=1S/C7H22O2Si3/c1-7-12(6,8-10-2)9-11(3,4)5/h7,10H2,1-6H3. The van der Waals surface area contributed by atoms with Gasteiger partial charge in [-0.3, -0.25) is 0 Å². The minimum atomic E-state index is -1.74. The molecule has 2 nitrogen and oxygen atoms in total. The SMILES string of the molecule is CC[Si](C)(O[SiH2]C)O[Si](C)(C)C. The lowest BCUT2D eigenvalue weighted by molar-refractivity contribution is 0.402. The summed E-state index contributed by atoms with van der Waals surface area (Å²) in [5.41, 5.74) is 0. The fourth-order valence-corrected chi connectivity index (χ4v) is 10.9. The Morgan fingerprint density at radius 3 is 1.92 bits per heavy atom. The lowest BCUT2D eigenvalue weighted by atomic mass is 11.0. The van der Waals surface area contributed by atoms with Crippen molar-refractivity contribution in [3.8, 4) is 0 Å². The first-order valence-electron chi connectivity index (χ1n) is 4.67. The van der Waals surface area contributed by atoms with Gasteiger partial charge in [0.05, 0.1) is 0 Å². The van der Waals surface area contributed by atoms with Gasteiger partial charge < -0.3 is 8.23 Å². The van der Waals surface area contributed by atoms with Gasteiger partial charge in [0.1, 0.15) is 9.76 Å². The lowest BCUT2D eigenvalue weighted by Gasteiger charge is -2.33. The van der Waals surface area contributed by atoms with Crippen molar-refractivity contribution >= 4 is 26.6 Å². The molecule has 0 aliphatic carbocycles. The molecule has 0 saturated heterocycles. The Morgan fingerprint density at radius 1 is 1.17 bits per heavy atom. The van der Waals surface area contributed by atoms with Crippen LogP contribution >= 0.6 is 0 Å². The van der Waals surface area contributed by atoms with E-state index in [4.69, 9.17) is 8.23 Å². The zero-order valence-electron chi connectivity index (χ0n) is 9.23. The van der Waals surface area contributed by atoms with Crippen molar-refractivity contribution in [1.29, 1.82) is 0 Å². The monoisotopic (exact) mass is 222 g/mol. The van der Waals surface area contributed by atoms with Gasteiger partial charge in [-0.15, -0.1) is 0 Å². The molecule has 0 aliphatic rings. The molecule has 12 heavy (non-hydrogen) atoms. The first kappa shape index (κ1) is 12.6. The van der Waals surface area contributed by atoms with Gasteiger partial charge in [-0.25, -0.2) is 0 Å². The van der Waals surface area contributed by atoms with Gasteiger partial charge in [-0.1, -0.05) is 13.5 Å². The molecule has 0 aromatic heterocycles. The van der Waals surface area contributed by atoms with E-state index in [1.165, 1.54) is 0 Å². The summed E-state index contributed by atoms with van der Waals surface area (Å²) in [6.07, 6.45) is 0. The Balaban J connectivity index is 4.14. The Kier molecular flexibility index (Phi) is 4.93. The second kappa shape index (κ2) is 4.71. The predicted molar refractivity (Wildman–Crippen MR) is 62.0 cm³/mol. The molecular formula is C7H22O2Si3. The smallest absolute Gasteiger partial charge is 0.313 e. The highest BCUT2D eigenvalue weighted by Crippen LogP contribution is 2.18. The van der Waals surface area contributed by atoms with Crippen LogP contribution in [0, 0.1) is 0 Å². The Morgan fingerprint density at radius 2 is 1.67 bits per heavy atom. The first-order valence-corrected chi connectivity index (χ1v) is 12.6. The normalized spacial score (nSPS) is 18.5. The summed E-state index contributed by atoms with van der Waals surface area (Å²) in [4.78, 5) is 0. The van der Waals surface area contributed by atoms with Gasteiger partial charge in [0.2, 0.25) is 0 Å². The van der Waals surface area contributed by atoms with E-state index >= 15 is 0 Å². The summed E-state index contributed by atoms with van der Waals surface area (Å²) in [5.74, 6) is 0. The second-order valence-electron chi connectivity index (χ2n) is 4.13. The quantitative estimate of drug-likeness (QED) is 0.663. The van der Waals surface area contributed by atoms with Crippen molar-refractivity contribution in [2.75, 3.05) is 0 Å². The summed E-state index contributed by atoms with van der Waals surface area (Å²) in [6.45, 7) is 13.2. The van der Waals surface area contributed by atoms with Crippen LogP contribution in [0.2, 0.25) is 38.8 Å². The maximum absolute atomic E-state index is 6.11. The zero-order chi connectivity index (χ0) is 9.83. The van der Waals surface area contributed by atoms with Crippen LogP contribution in [0.3, 0.4) is 0 Å². The van der Waals surface area contributed by atoms with Crippen molar-refractivity contribution in [3.63, 3.8) is 0 Å². The topological polar surface area (TPSA) is 18.5 Å². The molecule has 1 unspecified atom stereocenters. The Labute approximate surface area is 81.0 Å². The molecule has 5 heteroatoms. The van der Waals surface area contributed by atoms with Crippen LogP contribution in [-0.4, -0.2) is 26.6 Å². The van der Waals surface area contributed by atoms with Gasteiger partial charge in [0.15, 0.2) is 8.32 Å². The molecule has 0 N–H and O–H groups in total. The highest BCUT2D eigenvalue weighted by atomic mass is 28.5. The highest BCUT2D eigenvalue weighted by molar-refractivity contribution is 6.83. The molecule has 0 fully saturated rings. The summed E-state index contributed by atoms with van der Waals surface area (Å²) in [5, 5.41) is 0. The Hall–Kier alpha value is 0.571. The van der Waals surface area contributed by atoms with E-state index in [1.807, 2.05) is 0 Å². The van der Waals surface area contributed by atoms with Crippen molar-refractivity contribution in [2.24, 2.45) is 0 Å². The number of rotatable bonds is 5. The van der Waals surface area contributed by atoms with Crippen molar-refractivity contribution in [2.45, 2.75) is 45.7 Å². The van der Waals surface area contributed by atoms with Gasteiger partial charge in [-0.05, 0) is 32.2 Å². The van der Waals surface area contributed by atoms with Crippen LogP contribution in [0.25, 0.3) is 0 Å². The number of hydrogen-bond acceptors (Lipinski definition) is 2. The third kappa shape index (κ3) is 5.26. The van der Waals surface area contributed by atoms with E-state index in [-0.39, 0.29) is 9.76 Å². The molecule has 0 aliphatic heterocycles. The van der Waals surface area contributed by atoms with Gasteiger partial charge in [0, 0.05) is 0 Å². The van der Waals surface area contributed by atoms with Crippen LogP contribution in [0.15, 0.2) is 0 Å². The fraction of sp³-hybridized carbons (Fsp3) is 1.00. The van der Waals surface area contributed by atoms with Crippen LogP contribution in [-0.2, 0) is 8.23 Å². The fourth-order valence-electron chi connectivity index (χ4n) is 1.16. The summed E-state index contributed by atoms with van der Waals surface area (Å²) < 4.78 is 12.0. The molecule has 0 radical (unpaired) electrons. The van der Waals surface area contributed by atoms with E-state index < -0.39 is 16.9 Å². The van der Waals surface area contributed by atoms with E-state index in [0.29, 0.717) is 0 Å². The molecule has 0 bridgehead atoms. The van der Waals surface area contributed by atoms with Gasteiger partial charge in [0.25, 0.3) is 0 Å². The first-order chi connectivity index (χ1) is 5.33. The average Bonchev–Trinajstić information content (AvgIpc) is 1.84. The molecule has 1 atom stereocenters. The molecule has 0 aromatic rings. The van der Waals surface area contributed by atoms with Crippen molar-refractivity contribution < 1.29 is 8.23 Å². The van der Waals surface area contributed by atoms with Crippen LogP contribution in [0.4, 0.5) is 0 Å². The molecule has 74 valence electrons. The van der Waals surface area contributed by atoms with Crippen LogP contribution in [0.5, 0.6) is 0 Å².